The summed E-state index contributed by atoms with van der Waals surface area (Å²) in [7, 11) is 0. The molecule has 0 amide bonds. The lowest BCUT2D eigenvalue weighted by molar-refractivity contribution is 0.374. The van der Waals surface area contributed by atoms with Crippen molar-refractivity contribution in [2.24, 2.45) is 5.92 Å². The first-order valence-electron chi connectivity index (χ1n) is 12.9. The molecule has 1 aliphatic carbocycles. The number of hydrogen-bond donors (Lipinski definition) is 0. The third-order valence-electron chi connectivity index (χ3n) is 7.85. The average molecular weight is 466 g/mol. The zero-order chi connectivity index (χ0) is 24.5. The number of rotatable bonds is 1. The molecular weight excluding hydrogens is 434 g/mol. The van der Waals surface area contributed by atoms with Crippen LogP contribution in [-0.4, -0.2) is 4.98 Å². The van der Waals surface area contributed by atoms with Gasteiger partial charge in [0.15, 0.2) is 0 Å². The molecule has 2 unspecified atom stereocenters. The van der Waals surface area contributed by atoms with Crippen LogP contribution in [0.3, 0.4) is 0 Å². The number of nitrogens with zero attached hydrogens (tertiary/aromatic N) is 1. The van der Waals surface area contributed by atoms with Crippen LogP contribution in [0.15, 0.2) is 122 Å². The third kappa shape index (κ3) is 3.95. The molecule has 0 bridgehead atoms. The normalized spacial score (nSPS) is 19.0. The largest absolute Gasteiger partial charge is 0.264 e. The predicted molar refractivity (Wildman–Crippen MR) is 154 cm³/mol. The molecule has 2 atom stereocenters. The molecule has 0 N–H and O–H groups in total. The third-order valence-corrected chi connectivity index (χ3v) is 7.85. The van der Waals surface area contributed by atoms with Gasteiger partial charge in [0.2, 0.25) is 0 Å². The molecule has 7 rings (SSSR count). The molecule has 0 radical (unpaired) electrons. The molecule has 1 aliphatic rings. The van der Waals surface area contributed by atoms with Crippen molar-refractivity contribution in [3.05, 3.63) is 138 Å². The van der Waals surface area contributed by atoms with E-state index in [1.54, 1.807) is 5.56 Å². The highest BCUT2D eigenvalue weighted by atomic mass is 14.6. The maximum Gasteiger partial charge on any atom is 0.0346 e. The lowest BCUT2D eigenvalue weighted by Gasteiger charge is -2.40. The first-order valence-corrected chi connectivity index (χ1v) is 12.9. The lowest BCUT2D eigenvalue weighted by Crippen LogP contribution is -2.33. The van der Waals surface area contributed by atoms with Crippen LogP contribution in [0.4, 0.5) is 0 Å². The van der Waals surface area contributed by atoms with Gasteiger partial charge in [-0.1, -0.05) is 117 Å². The molecular formula is C35H31N. The van der Waals surface area contributed by atoms with Gasteiger partial charge in [-0.25, -0.2) is 0 Å². The molecule has 1 nitrogen and oxygen atoms in total. The van der Waals surface area contributed by atoms with Crippen molar-refractivity contribution < 1.29 is 0 Å². The van der Waals surface area contributed by atoms with Crippen LogP contribution >= 0.6 is 0 Å². The van der Waals surface area contributed by atoms with Crippen LogP contribution in [-0.2, 0) is 11.8 Å². The van der Waals surface area contributed by atoms with Gasteiger partial charge in [0, 0.05) is 17.8 Å². The minimum Gasteiger partial charge on any atom is -0.264 e. The molecule has 36 heavy (non-hydrogen) atoms. The highest BCUT2D eigenvalue weighted by Gasteiger charge is 2.37. The Balaban J connectivity index is 0.000000200. The van der Waals surface area contributed by atoms with Crippen molar-refractivity contribution >= 4 is 32.3 Å². The summed E-state index contributed by atoms with van der Waals surface area (Å²) in [6.07, 6.45) is 6.06. The van der Waals surface area contributed by atoms with Crippen LogP contribution in [0.5, 0.6) is 0 Å². The van der Waals surface area contributed by atoms with E-state index in [-0.39, 0.29) is 5.41 Å². The second kappa shape index (κ2) is 9.24. The molecule has 0 aliphatic heterocycles. The second-order valence-electron chi connectivity index (χ2n) is 10.4. The fraction of sp³-hybridized carbons (Fsp3) is 0.171. The molecule has 6 aromatic rings. The Morgan fingerprint density at radius 3 is 2.14 bits per heavy atom. The van der Waals surface area contributed by atoms with Gasteiger partial charge in [-0.15, -0.1) is 0 Å². The number of aromatic nitrogens is 1. The van der Waals surface area contributed by atoms with E-state index in [4.69, 9.17) is 0 Å². The average Bonchev–Trinajstić information content (AvgIpc) is 2.93. The van der Waals surface area contributed by atoms with Gasteiger partial charge >= 0.3 is 0 Å². The van der Waals surface area contributed by atoms with Crippen LogP contribution in [0.25, 0.3) is 32.3 Å². The van der Waals surface area contributed by atoms with Crippen LogP contribution in [0, 0.1) is 5.92 Å². The van der Waals surface area contributed by atoms with E-state index < -0.39 is 0 Å². The van der Waals surface area contributed by atoms with Gasteiger partial charge in [-0.2, -0.15) is 0 Å². The Bertz CT molecular complexity index is 1600. The summed E-state index contributed by atoms with van der Waals surface area (Å²) in [5.74, 6) is 0.700. The molecule has 5 aromatic carbocycles. The number of pyridine rings is 1. The highest BCUT2D eigenvalue weighted by molar-refractivity contribution is 6.09. The van der Waals surface area contributed by atoms with E-state index in [1.165, 1.54) is 56.3 Å². The molecule has 176 valence electrons. The topological polar surface area (TPSA) is 12.9 Å². The molecule has 0 spiro atoms. The van der Waals surface area contributed by atoms with E-state index in [0.29, 0.717) is 5.92 Å². The van der Waals surface area contributed by atoms with Gasteiger partial charge in [-0.3, -0.25) is 4.98 Å². The minimum absolute atomic E-state index is 0.0657. The van der Waals surface area contributed by atoms with Crippen LogP contribution in [0.2, 0.25) is 0 Å². The zero-order valence-electron chi connectivity index (χ0n) is 21.0. The van der Waals surface area contributed by atoms with Crippen LogP contribution < -0.4 is 0 Å². The van der Waals surface area contributed by atoms with Crippen molar-refractivity contribution in [3.8, 4) is 0 Å². The minimum atomic E-state index is 0.0657. The summed E-state index contributed by atoms with van der Waals surface area (Å²) >= 11 is 0. The van der Waals surface area contributed by atoms with Crippen molar-refractivity contribution in [1.82, 2.24) is 4.98 Å². The molecule has 0 saturated heterocycles. The maximum absolute atomic E-state index is 4.01. The van der Waals surface area contributed by atoms with Gasteiger partial charge < -0.3 is 0 Å². The number of benzene rings is 5. The standard InChI is InChI=1S/C26H24.C9H7N/c1-18-16-20-13-14-23-22-11-7-6-8-19(22)12-15-24(23)25(20)26(2,17-18)21-9-4-3-5-10-21;1-2-4-9-7-10-6-5-8(9)3-1/h3-15,18H,16-17H2,1-2H3;1-7H. The van der Waals surface area contributed by atoms with Gasteiger partial charge in [-0.05, 0) is 73.8 Å². The summed E-state index contributed by atoms with van der Waals surface area (Å²) in [5, 5.41) is 7.95. The summed E-state index contributed by atoms with van der Waals surface area (Å²) in [4.78, 5) is 4.01. The Kier molecular flexibility index (Phi) is 5.77. The fourth-order valence-corrected chi connectivity index (χ4v) is 6.30. The van der Waals surface area contributed by atoms with E-state index in [0.717, 1.165) is 0 Å². The molecule has 1 heterocycles. The summed E-state index contributed by atoms with van der Waals surface area (Å²) in [6, 6.07) is 39.4. The highest BCUT2D eigenvalue weighted by Crippen LogP contribution is 2.48. The number of fused-ring (bicyclic) bond motifs is 6. The summed E-state index contributed by atoms with van der Waals surface area (Å²) in [6.45, 7) is 4.85. The van der Waals surface area contributed by atoms with Crippen LogP contribution in [0.1, 0.15) is 37.0 Å². The quantitative estimate of drug-likeness (QED) is 0.221. The Hall–Kier alpha value is -3.97. The lowest BCUT2D eigenvalue weighted by atomic mass is 9.63. The summed E-state index contributed by atoms with van der Waals surface area (Å²) in [5.41, 5.74) is 4.58. The van der Waals surface area contributed by atoms with E-state index in [1.807, 2.05) is 30.6 Å². The van der Waals surface area contributed by atoms with E-state index in [2.05, 4.69) is 110 Å². The van der Waals surface area contributed by atoms with Crippen molar-refractivity contribution in [1.29, 1.82) is 0 Å². The van der Waals surface area contributed by atoms with Gasteiger partial charge in [0.1, 0.15) is 0 Å². The second-order valence-corrected chi connectivity index (χ2v) is 10.4. The predicted octanol–water partition coefficient (Wildman–Crippen LogP) is 9.12. The molecule has 1 aromatic heterocycles. The van der Waals surface area contributed by atoms with Crippen molar-refractivity contribution in [2.45, 2.75) is 32.1 Å². The monoisotopic (exact) mass is 465 g/mol. The Labute approximate surface area is 213 Å². The van der Waals surface area contributed by atoms with Crippen molar-refractivity contribution in [2.75, 3.05) is 0 Å². The van der Waals surface area contributed by atoms with E-state index >= 15 is 0 Å². The number of hydrogen-bond acceptors (Lipinski definition) is 1. The fourth-order valence-electron chi connectivity index (χ4n) is 6.30. The van der Waals surface area contributed by atoms with Crippen molar-refractivity contribution in [3.63, 3.8) is 0 Å². The zero-order valence-corrected chi connectivity index (χ0v) is 21.0. The first-order chi connectivity index (χ1) is 17.6. The SMILES string of the molecule is CC1Cc2ccc3c(ccc4ccccc43)c2C(C)(c2ccccc2)C1.c1ccc2cnccc2c1. The molecule has 1 heteroatoms. The maximum atomic E-state index is 4.01. The molecule has 0 saturated carbocycles. The molecule has 0 fully saturated rings. The van der Waals surface area contributed by atoms with E-state index in [9.17, 15) is 0 Å². The Morgan fingerprint density at radius 2 is 1.33 bits per heavy atom. The summed E-state index contributed by atoms with van der Waals surface area (Å²) < 4.78 is 0. The van der Waals surface area contributed by atoms with Gasteiger partial charge in [0.25, 0.3) is 0 Å². The Morgan fingerprint density at radius 1 is 0.639 bits per heavy atom. The first kappa shape index (κ1) is 22.5. The van der Waals surface area contributed by atoms with Gasteiger partial charge in [0.05, 0.1) is 0 Å². The smallest absolute Gasteiger partial charge is 0.0346 e.